The van der Waals surface area contributed by atoms with Crippen LogP contribution in [0.1, 0.15) is 16.1 Å². The van der Waals surface area contributed by atoms with E-state index in [9.17, 15) is 9.18 Å². The lowest BCUT2D eigenvalue weighted by Gasteiger charge is -2.00. The summed E-state index contributed by atoms with van der Waals surface area (Å²) >= 11 is 5.47. The molecule has 0 aliphatic carbocycles. The first kappa shape index (κ1) is 9.92. The van der Waals surface area contributed by atoms with Gasteiger partial charge in [-0.1, -0.05) is 0 Å². The molecule has 1 rings (SSSR count). The Labute approximate surface area is 79.5 Å². The Bertz CT molecular complexity index is 330. The van der Waals surface area contributed by atoms with Crippen LogP contribution in [0.25, 0.3) is 0 Å². The van der Waals surface area contributed by atoms with Crippen molar-refractivity contribution in [3.8, 4) is 0 Å². The van der Waals surface area contributed by atoms with Gasteiger partial charge in [-0.25, -0.2) is 9.78 Å². The van der Waals surface area contributed by atoms with E-state index in [2.05, 4.69) is 9.72 Å². The summed E-state index contributed by atoms with van der Waals surface area (Å²) in [6, 6.07) is 2.56. The van der Waals surface area contributed by atoms with Crippen LogP contribution in [0, 0.1) is 5.95 Å². The molecule has 0 unspecified atom stereocenters. The number of carbonyl (C=O) groups excluding carboxylic acids is 1. The predicted octanol–water partition coefficient (Wildman–Crippen LogP) is 1.75. The van der Waals surface area contributed by atoms with Gasteiger partial charge in [0.15, 0.2) is 5.69 Å². The van der Waals surface area contributed by atoms with Crippen molar-refractivity contribution in [1.82, 2.24) is 4.98 Å². The number of esters is 1. The van der Waals surface area contributed by atoms with Crippen LogP contribution in [0.4, 0.5) is 4.39 Å². The smallest absolute Gasteiger partial charge is 0.356 e. The Kier molecular flexibility index (Phi) is 3.19. The molecule has 13 heavy (non-hydrogen) atoms. The molecule has 1 aromatic heterocycles. The maximum absolute atomic E-state index is 12.7. The van der Waals surface area contributed by atoms with E-state index < -0.39 is 11.9 Å². The number of nitrogens with zero attached hydrogens (tertiary/aromatic N) is 1. The van der Waals surface area contributed by atoms with E-state index in [1.165, 1.54) is 19.2 Å². The summed E-state index contributed by atoms with van der Waals surface area (Å²) in [5.74, 6) is -1.28. The molecule has 0 aliphatic heterocycles. The highest BCUT2D eigenvalue weighted by molar-refractivity contribution is 6.17. The second-order valence-electron chi connectivity index (χ2n) is 2.31. The maximum Gasteiger partial charge on any atom is 0.356 e. The Balaban J connectivity index is 3.08. The fourth-order valence-corrected chi connectivity index (χ4v) is 0.990. The van der Waals surface area contributed by atoms with E-state index in [1.807, 2.05) is 0 Å². The van der Waals surface area contributed by atoms with Crippen molar-refractivity contribution in [1.29, 1.82) is 0 Å². The standard InChI is InChI=1S/C8H7ClFNO2/c1-13-8(12)6-2-5(4-9)3-7(10)11-6/h2-3H,4H2,1H3. The lowest BCUT2D eigenvalue weighted by atomic mass is 10.2. The number of aromatic nitrogens is 1. The van der Waals surface area contributed by atoms with Gasteiger partial charge >= 0.3 is 5.97 Å². The average molecular weight is 204 g/mol. The van der Waals surface area contributed by atoms with Crippen LogP contribution in [0.2, 0.25) is 0 Å². The Morgan fingerprint density at radius 3 is 2.92 bits per heavy atom. The number of pyridine rings is 1. The molecule has 0 fully saturated rings. The number of halogens is 2. The Hall–Kier alpha value is -1.16. The summed E-state index contributed by atoms with van der Waals surface area (Å²) in [7, 11) is 1.20. The second-order valence-corrected chi connectivity index (χ2v) is 2.58. The van der Waals surface area contributed by atoms with Crippen LogP contribution in [0.5, 0.6) is 0 Å². The Morgan fingerprint density at radius 2 is 2.38 bits per heavy atom. The van der Waals surface area contributed by atoms with Crippen LogP contribution < -0.4 is 0 Å². The summed E-state index contributed by atoms with van der Waals surface area (Å²) in [5.41, 5.74) is 0.424. The van der Waals surface area contributed by atoms with Crippen LogP contribution in [-0.4, -0.2) is 18.1 Å². The largest absolute Gasteiger partial charge is 0.464 e. The average Bonchev–Trinajstić information content (AvgIpc) is 2.15. The minimum atomic E-state index is -0.737. The molecule has 0 radical (unpaired) electrons. The van der Waals surface area contributed by atoms with Gasteiger partial charge in [-0.15, -0.1) is 11.6 Å². The predicted molar refractivity (Wildman–Crippen MR) is 45.1 cm³/mol. The SMILES string of the molecule is COC(=O)c1cc(CCl)cc(F)n1. The van der Waals surface area contributed by atoms with E-state index in [-0.39, 0.29) is 11.6 Å². The number of methoxy groups -OCH3 is 1. The van der Waals surface area contributed by atoms with Gasteiger partial charge < -0.3 is 4.74 Å². The highest BCUT2D eigenvalue weighted by Gasteiger charge is 2.09. The van der Waals surface area contributed by atoms with Gasteiger partial charge in [-0.05, 0) is 17.7 Å². The first-order valence-corrected chi connectivity index (χ1v) is 4.01. The minimum Gasteiger partial charge on any atom is -0.464 e. The van der Waals surface area contributed by atoms with E-state index in [0.717, 1.165) is 0 Å². The number of rotatable bonds is 2. The van der Waals surface area contributed by atoms with Crippen molar-refractivity contribution in [2.75, 3.05) is 7.11 Å². The van der Waals surface area contributed by atoms with Crippen molar-refractivity contribution in [2.45, 2.75) is 5.88 Å². The van der Waals surface area contributed by atoms with Gasteiger partial charge in [-0.2, -0.15) is 4.39 Å². The first-order valence-electron chi connectivity index (χ1n) is 3.48. The molecule has 0 N–H and O–H groups in total. The fourth-order valence-electron chi connectivity index (χ4n) is 0.836. The summed E-state index contributed by atoms with van der Waals surface area (Å²) in [4.78, 5) is 14.3. The molecular formula is C8H7ClFNO2. The van der Waals surface area contributed by atoms with Crippen LogP contribution in [-0.2, 0) is 10.6 Å². The molecule has 0 saturated heterocycles. The highest BCUT2D eigenvalue weighted by Crippen LogP contribution is 2.08. The number of hydrogen-bond acceptors (Lipinski definition) is 3. The molecule has 0 amide bonds. The maximum atomic E-state index is 12.7. The van der Waals surface area contributed by atoms with Crippen molar-refractivity contribution < 1.29 is 13.9 Å². The number of alkyl halides is 1. The van der Waals surface area contributed by atoms with Gasteiger partial charge in [0, 0.05) is 5.88 Å². The van der Waals surface area contributed by atoms with E-state index in [4.69, 9.17) is 11.6 Å². The molecule has 0 aromatic carbocycles. The number of carbonyl (C=O) groups is 1. The first-order chi connectivity index (χ1) is 6.17. The van der Waals surface area contributed by atoms with Crippen LogP contribution >= 0.6 is 11.6 Å². The van der Waals surface area contributed by atoms with E-state index >= 15 is 0 Å². The van der Waals surface area contributed by atoms with Crippen molar-refractivity contribution >= 4 is 17.6 Å². The zero-order chi connectivity index (χ0) is 9.84. The summed E-state index contributed by atoms with van der Waals surface area (Å²) in [6.07, 6.45) is 0. The topological polar surface area (TPSA) is 39.2 Å². The monoisotopic (exact) mass is 203 g/mol. The van der Waals surface area contributed by atoms with Crippen molar-refractivity contribution in [2.24, 2.45) is 0 Å². The van der Waals surface area contributed by atoms with Gasteiger partial charge in [0.25, 0.3) is 0 Å². The minimum absolute atomic E-state index is 0.0712. The molecular weight excluding hydrogens is 197 g/mol. The fraction of sp³-hybridized carbons (Fsp3) is 0.250. The molecule has 0 atom stereocenters. The molecule has 0 spiro atoms. The quantitative estimate of drug-likeness (QED) is 0.418. The molecule has 3 nitrogen and oxygen atoms in total. The summed E-state index contributed by atoms with van der Waals surface area (Å²) in [5, 5.41) is 0. The van der Waals surface area contributed by atoms with Gasteiger partial charge in [0.2, 0.25) is 5.95 Å². The molecule has 0 bridgehead atoms. The van der Waals surface area contributed by atoms with E-state index in [0.29, 0.717) is 5.56 Å². The van der Waals surface area contributed by atoms with Crippen molar-refractivity contribution in [3.63, 3.8) is 0 Å². The number of ether oxygens (including phenoxy) is 1. The zero-order valence-corrected chi connectivity index (χ0v) is 7.64. The molecule has 1 aromatic rings. The molecule has 5 heteroatoms. The number of hydrogen-bond donors (Lipinski definition) is 0. The highest BCUT2D eigenvalue weighted by atomic mass is 35.5. The molecule has 1 heterocycles. The van der Waals surface area contributed by atoms with Crippen LogP contribution in [0.3, 0.4) is 0 Å². The van der Waals surface area contributed by atoms with Gasteiger partial charge in [0.05, 0.1) is 7.11 Å². The molecule has 0 saturated carbocycles. The zero-order valence-electron chi connectivity index (χ0n) is 6.88. The normalized spacial score (nSPS) is 9.77. The van der Waals surface area contributed by atoms with E-state index in [1.54, 1.807) is 0 Å². The van der Waals surface area contributed by atoms with Gasteiger partial charge in [-0.3, -0.25) is 0 Å². The lowest BCUT2D eigenvalue weighted by molar-refractivity contribution is 0.0592. The Morgan fingerprint density at radius 1 is 1.69 bits per heavy atom. The third-order valence-electron chi connectivity index (χ3n) is 1.40. The third kappa shape index (κ3) is 2.39. The summed E-state index contributed by atoms with van der Waals surface area (Å²) in [6.45, 7) is 0. The summed E-state index contributed by atoms with van der Waals surface area (Å²) < 4.78 is 17.1. The molecule has 0 aliphatic rings. The lowest BCUT2D eigenvalue weighted by Crippen LogP contribution is -2.06. The van der Waals surface area contributed by atoms with Gasteiger partial charge in [0.1, 0.15) is 0 Å². The third-order valence-corrected chi connectivity index (χ3v) is 1.71. The van der Waals surface area contributed by atoms with Crippen LogP contribution in [0.15, 0.2) is 12.1 Å². The van der Waals surface area contributed by atoms with Crippen molar-refractivity contribution in [3.05, 3.63) is 29.3 Å². The molecule has 70 valence electrons. The second kappa shape index (κ2) is 4.18.